The van der Waals surface area contributed by atoms with E-state index >= 15 is 0 Å². The lowest BCUT2D eigenvalue weighted by Crippen LogP contribution is -2.51. The summed E-state index contributed by atoms with van der Waals surface area (Å²) in [5.74, 6) is 1.13. The predicted molar refractivity (Wildman–Crippen MR) is 133 cm³/mol. The van der Waals surface area contributed by atoms with Crippen molar-refractivity contribution in [2.45, 2.75) is 25.5 Å². The Labute approximate surface area is 209 Å². The van der Waals surface area contributed by atoms with Crippen molar-refractivity contribution in [1.82, 2.24) is 14.5 Å². The first-order chi connectivity index (χ1) is 17.5. The Hall–Kier alpha value is -3.69. The van der Waals surface area contributed by atoms with Crippen LogP contribution in [0.5, 0.6) is 5.75 Å². The van der Waals surface area contributed by atoms with Crippen LogP contribution in [0, 0.1) is 12.7 Å². The maximum absolute atomic E-state index is 13.7. The van der Waals surface area contributed by atoms with E-state index in [0.29, 0.717) is 6.54 Å². The Balaban J connectivity index is 1.46. The molecule has 0 spiro atoms. The lowest BCUT2D eigenvalue weighted by Gasteiger charge is -2.39. The summed E-state index contributed by atoms with van der Waals surface area (Å²) in [6, 6.07) is 12.2. The number of benzene rings is 2. The van der Waals surface area contributed by atoms with Crippen LogP contribution in [0.3, 0.4) is 0 Å². The summed E-state index contributed by atoms with van der Waals surface area (Å²) >= 11 is 0. The van der Waals surface area contributed by atoms with Crippen LogP contribution < -0.4 is 4.74 Å². The number of fused-ring (bicyclic) bond motifs is 1. The van der Waals surface area contributed by atoms with Crippen LogP contribution in [0.1, 0.15) is 29.7 Å². The molecule has 188 valence electrons. The van der Waals surface area contributed by atoms with Gasteiger partial charge in [-0.3, -0.25) is 0 Å². The van der Waals surface area contributed by atoms with Crippen molar-refractivity contribution < 1.29 is 23.8 Å². The summed E-state index contributed by atoms with van der Waals surface area (Å²) in [7, 11) is 1.65. The molecule has 36 heavy (non-hydrogen) atoms. The standard InChI is InChI=1S/C27H29FN4O4/c1-19-16-31(18-29-19)24-10-5-20(15-25(24)34-2)14-21-4-3-11-32-26(21)30-36-27(32,17-35-13-12-33)22-6-8-23(28)9-7-22/h5-10,14-16,18,33H,3-4,11-13,17H2,1-2H3/t27-/m1/s1. The van der Waals surface area contributed by atoms with Gasteiger partial charge >= 0.3 is 0 Å². The van der Waals surface area contributed by atoms with Gasteiger partial charge in [0.05, 0.1) is 38.0 Å². The van der Waals surface area contributed by atoms with E-state index in [1.807, 2.05) is 35.9 Å². The molecule has 9 heteroatoms. The number of aliphatic hydroxyl groups excluding tert-OH is 1. The van der Waals surface area contributed by atoms with Crippen molar-refractivity contribution in [3.63, 3.8) is 0 Å². The maximum Gasteiger partial charge on any atom is 0.260 e. The molecule has 1 saturated heterocycles. The fourth-order valence-corrected chi connectivity index (χ4v) is 4.72. The molecule has 0 unspecified atom stereocenters. The first kappa shape index (κ1) is 24.0. The molecule has 3 heterocycles. The molecule has 0 aliphatic carbocycles. The average molecular weight is 493 g/mol. The molecule has 1 aromatic heterocycles. The quantitative estimate of drug-likeness (QED) is 0.479. The number of amidine groups is 1. The van der Waals surface area contributed by atoms with Gasteiger partial charge in [-0.25, -0.2) is 9.37 Å². The second-order valence-corrected chi connectivity index (χ2v) is 8.85. The molecule has 2 aliphatic rings. The predicted octanol–water partition coefficient (Wildman–Crippen LogP) is 4.01. The zero-order valence-electron chi connectivity index (χ0n) is 20.4. The number of hydrogen-bond acceptors (Lipinski definition) is 7. The topological polar surface area (TPSA) is 81.3 Å². The van der Waals surface area contributed by atoms with Gasteiger partial charge in [0.25, 0.3) is 5.72 Å². The van der Waals surface area contributed by atoms with Gasteiger partial charge in [-0.15, -0.1) is 0 Å². The highest BCUT2D eigenvalue weighted by atomic mass is 19.1. The molecular formula is C27H29FN4O4. The van der Waals surface area contributed by atoms with Gasteiger partial charge in [-0.1, -0.05) is 11.2 Å². The van der Waals surface area contributed by atoms with Crippen LogP contribution in [0.4, 0.5) is 4.39 Å². The number of aryl methyl sites for hydroxylation is 1. The Morgan fingerprint density at radius 2 is 2.06 bits per heavy atom. The van der Waals surface area contributed by atoms with Gasteiger partial charge in [-0.2, -0.15) is 0 Å². The molecule has 1 N–H and O–H groups in total. The molecule has 0 radical (unpaired) electrons. The lowest BCUT2D eigenvalue weighted by molar-refractivity contribution is -0.153. The first-order valence-electron chi connectivity index (χ1n) is 11.9. The molecule has 2 aromatic carbocycles. The number of imidazole rings is 1. The summed E-state index contributed by atoms with van der Waals surface area (Å²) in [4.78, 5) is 12.4. The SMILES string of the molecule is COc1cc(C=C2CCCN3C2=NO[C@]3(COCCO)c2ccc(F)cc2)ccc1-n1cnc(C)c1. The van der Waals surface area contributed by atoms with Crippen LogP contribution in [-0.2, 0) is 15.3 Å². The lowest BCUT2D eigenvalue weighted by atomic mass is 9.94. The zero-order chi connectivity index (χ0) is 25.1. The van der Waals surface area contributed by atoms with Gasteiger partial charge in [0.2, 0.25) is 0 Å². The molecule has 0 saturated carbocycles. The van der Waals surface area contributed by atoms with Crippen molar-refractivity contribution in [2.24, 2.45) is 5.16 Å². The Bertz CT molecular complexity index is 1290. The summed E-state index contributed by atoms with van der Waals surface area (Å²) in [5, 5.41) is 13.7. The maximum atomic E-state index is 13.7. The number of aromatic nitrogens is 2. The zero-order valence-corrected chi connectivity index (χ0v) is 20.4. The fourth-order valence-electron chi connectivity index (χ4n) is 4.72. The molecule has 5 rings (SSSR count). The van der Waals surface area contributed by atoms with E-state index in [2.05, 4.69) is 21.1 Å². The van der Waals surface area contributed by atoms with Crippen LogP contribution in [0.2, 0.25) is 0 Å². The normalized spacial score (nSPS) is 20.3. The second-order valence-electron chi connectivity index (χ2n) is 8.85. The third-order valence-corrected chi connectivity index (χ3v) is 6.45. The third-order valence-electron chi connectivity index (χ3n) is 6.45. The van der Waals surface area contributed by atoms with Crippen LogP contribution >= 0.6 is 0 Å². The minimum atomic E-state index is -1.03. The van der Waals surface area contributed by atoms with Crippen molar-refractivity contribution in [1.29, 1.82) is 0 Å². The number of hydrogen-bond donors (Lipinski definition) is 1. The fraction of sp³-hybridized carbons (Fsp3) is 0.333. The number of aliphatic hydroxyl groups is 1. The summed E-state index contributed by atoms with van der Waals surface area (Å²) in [5.41, 5.74) is 3.55. The van der Waals surface area contributed by atoms with E-state index in [1.54, 1.807) is 25.6 Å². The first-order valence-corrected chi connectivity index (χ1v) is 11.9. The number of rotatable bonds is 8. The van der Waals surface area contributed by atoms with Gasteiger partial charge in [-0.05, 0) is 73.4 Å². The van der Waals surface area contributed by atoms with Crippen LogP contribution in [-0.4, -0.2) is 58.9 Å². The van der Waals surface area contributed by atoms with Crippen molar-refractivity contribution in [2.75, 3.05) is 33.5 Å². The van der Waals surface area contributed by atoms with Crippen molar-refractivity contribution in [3.05, 3.63) is 83.2 Å². The van der Waals surface area contributed by atoms with Gasteiger partial charge < -0.3 is 28.9 Å². The van der Waals surface area contributed by atoms with E-state index in [-0.39, 0.29) is 25.6 Å². The molecule has 2 aliphatic heterocycles. The Morgan fingerprint density at radius 3 is 2.78 bits per heavy atom. The molecule has 1 atom stereocenters. The van der Waals surface area contributed by atoms with Crippen LogP contribution in [0.15, 0.2) is 65.7 Å². The molecular weight excluding hydrogens is 463 g/mol. The third kappa shape index (κ3) is 4.47. The minimum Gasteiger partial charge on any atom is -0.495 e. The van der Waals surface area contributed by atoms with Crippen molar-refractivity contribution in [3.8, 4) is 11.4 Å². The van der Waals surface area contributed by atoms with E-state index in [0.717, 1.165) is 52.5 Å². The van der Waals surface area contributed by atoms with E-state index in [4.69, 9.17) is 14.3 Å². The summed E-state index contributed by atoms with van der Waals surface area (Å²) in [6.45, 7) is 2.86. The smallest absolute Gasteiger partial charge is 0.260 e. The number of ether oxygens (including phenoxy) is 2. The number of oxime groups is 1. The second kappa shape index (κ2) is 10.1. The van der Waals surface area contributed by atoms with Gasteiger partial charge in [0, 0.05) is 18.3 Å². The van der Waals surface area contributed by atoms with E-state index < -0.39 is 5.72 Å². The van der Waals surface area contributed by atoms with E-state index in [1.165, 1.54) is 12.1 Å². The molecule has 8 nitrogen and oxygen atoms in total. The summed E-state index contributed by atoms with van der Waals surface area (Å²) < 4.78 is 27.0. The minimum absolute atomic E-state index is 0.102. The van der Waals surface area contributed by atoms with E-state index in [9.17, 15) is 9.50 Å². The number of piperidine rings is 1. The Kier molecular flexibility index (Phi) is 6.75. The molecule has 1 fully saturated rings. The number of halogens is 1. The molecule has 3 aromatic rings. The largest absolute Gasteiger partial charge is 0.495 e. The molecule has 0 bridgehead atoms. The highest BCUT2D eigenvalue weighted by Gasteiger charge is 2.50. The summed E-state index contributed by atoms with van der Waals surface area (Å²) in [6.07, 6.45) is 7.53. The van der Waals surface area contributed by atoms with Gasteiger partial charge in [0.15, 0.2) is 5.84 Å². The number of methoxy groups -OCH3 is 1. The number of nitrogens with zero attached hydrogens (tertiary/aromatic N) is 4. The van der Waals surface area contributed by atoms with Gasteiger partial charge in [0.1, 0.15) is 18.2 Å². The van der Waals surface area contributed by atoms with Crippen LogP contribution in [0.25, 0.3) is 11.8 Å². The molecule has 0 amide bonds. The highest BCUT2D eigenvalue weighted by molar-refractivity contribution is 6.03. The average Bonchev–Trinajstić information content (AvgIpc) is 3.49. The Morgan fingerprint density at radius 1 is 1.22 bits per heavy atom. The highest BCUT2D eigenvalue weighted by Crippen LogP contribution is 2.41. The monoisotopic (exact) mass is 492 g/mol. The van der Waals surface area contributed by atoms with Crippen molar-refractivity contribution >= 4 is 11.9 Å².